The van der Waals surface area contributed by atoms with Crippen LogP contribution in [-0.2, 0) is 0 Å². The SMILES string of the molecule is CCC(C)C(N)c1cccc2c1OCCO2. The Morgan fingerprint density at radius 2 is 2.06 bits per heavy atom. The van der Waals surface area contributed by atoms with E-state index in [0.717, 1.165) is 23.5 Å². The molecule has 0 saturated carbocycles. The van der Waals surface area contributed by atoms with Gasteiger partial charge in [0.05, 0.1) is 0 Å². The third-order valence-corrected chi connectivity index (χ3v) is 3.21. The van der Waals surface area contributed by atoms with E-state index < -0.39 is 0 Å². The standard InChI is InChI=1S/C13H19NO2/c1-3-9(2)12(14)10-5-4-6-11-13(10)16-8-7-15-11/h4-6,9,12H,3,7-8,14H2,1-2H3. The molecule has 1 aliphatic rings. The van der Waals surface area contributed by atoms with Crippen molar-refractivity contribution in [1.29, 1.82) is 0 Å². The quantitative estimate of drug-likeness (QED) is 0.853. The fourth-order valence-corrected chi connectivity index (χ4v) is 1.92. The van der Waals surface area contributed by atoms with E-state index in [2.05, 4.69) is 13.8 Å². The molecule has 2 rings (SSSR count). The molecule has 1 heterocycles. The van der Waals surface area contributed by atoms with Crippen molar-refractivity contribution in [2.75, 3.05) is 13.2 Å². The third kappa shape index (κ3) is 2.00. The second kappa shape index (κ2) is 4.74. The highest BCUT2D eigenvalue weighted by atomic mass is 16.6. The van der Waals surface area contributed by atoms with Crippen LogP contribution in [-0.4, -0.2) is 13.2 Å². The van der Waals surface area contributed by atoms with Gasteiger partial charge in [0, 0.05) is 11.6 Å². The summed E-state index contributed by atoms with van der Waals surface area (Å²) in [7, 11) is 0. The van der Waals surface area contributed by atoms with Crippen molar-refractivity contribution >= 4 is 0 Å². The number of benzene rings is 1. The summed E-state index contributed by atoms with van der Waals surface area (Å²) in [6.07, 6.45) is 1.06. The lowest BCUT2D eigenvalue weighted by Gasteiger charge is -2.25. The first-order chi connectivity index (χ1) is 7.74. The minimum Gasteiger partial charge on any atom is -0.486 e. The van der Waals surface area contributed by atoms with Gasteiger partial charge in [0.25, 0.3) is 0 Å². The van der Waals surface area contributed by atoms with Gasteiger partial charge in [0.15, 0.2) is 11.5 Å². The second-order valence-electron chi connectivity index (χ2n) is 4.28. The molecule has 2 unspecified atom stereocenters. The zero-order chi connectivity index (χ0) is 11.5. The van der Waals surface area contributed by atoms with Crippen molar-refractivity contribution in [3.63, 3.8) is 0 Å². The molecule has 0 amide bonds. The molecule has 0 bridgehead atoms. The summed E-state index contributed by atoms with van der Waals surface area (Å²) in [5.41, 5.74) is 7.30. The summed E-state index contributed by atoms with van der Waals surface area (Å²) in [5.74, 6) is 2.10. The van der Waals surface area contributed by atoms with Crippen molar-refractivity contribution < 1.29 is 9.47 Å². The average Bonchev–Trinajstić information content (AvgIpc) is 2.36. The molecule has 3 heteroatoms. The number of fused-ring (bicyclic) bond motifs is 1. The van der Waals surface area contributed by atoms with Crippen LogP contribution >= 0.6 is 0 Å². The van der Waals surface area contributed by atoms with Crippen molar-refractivity contribution in [2.24, 2.45) is 11.7 Å². The second-order valence-corrected chi connectivity index (χ2v) is 4.28. The molecular formula is C13H19NO2. The maximum Gasteiger partial charge on any atom is 0.166 e. The van der Waals surface area contributed by atoms with E-state index in [0.29, 0.717) is 19.1 Å². The van der Waals surface area contributed by atoms with Gasteiger partial charge in [-0.15, -0.1) is 0 Å². The van der Waals surface area contributed by atoms with Crippen molar-refractivity contribution in [3.8, 4) is 11.5 Å². The van der Waals surface area contributed by atoms with Crippen LogP contribution in [0.5, 0.6) is 11.5 Å². The normalized spacial score (nSPS) is 17.9. The van der Waals surface area contributed by atoms with Gasteiger partial charge in [-0.05, 0) is 12.0 Å². The molecule has 0 fully saturated rings. The average molecular weight is 221 g/mol. The van der Waals surface area contributed by atoms with Gasteiger partial charge in [-0.2, -0.15) is 0 Å². The Hall–Kier alpha value is -1.22. The minimum absolute atomic E-state index is 0.0154. The fraction of sp³-hybridized carbons (Fsp3) is 0.538. The highest BCUT2D eigenvalue weighted by Crippen LogP contribution is 2.38. The molecule has 1 aromatic rings. The van der Waals surface area contributed by atoms with E-state index in [1.807, 2.05) is 18.2 Å². The summed E-state index contributed by atoms with van der Waals surface area (Å²) in [5, 5.41) is 0. The highest BCUT2D eigenvalue weighted by Gasteiger charge is 2.22. The fourth-order valence-electron chi connectivity index (χ4n) is 1.92. The predicted octanol–water partition coefficient (Wildman–Crippen LogP) is 2.50. The van der Waals surface area contributed by atoms with Gasteiger partial charge in [0.2, 0.25) is 0 Å². The summed E-state index contributed by atoms with van der Waals surface area (Å²) < 4.78 is 11.2. The van der Waals surface area contributed by atoms with E-state index >= 15 is 0 Å². The van der Waals surface area contributed by atoms with Crippen molar-refractivity contribution in [3.05, 3.63) is 23.8 Å². The number of hydrogen-bond donors (Lipinski definition) is 1. The molecule has 1 aromatic carbocycles. The van der Waals surface area contributed by atoms with E-state index in [9.17, 15) is 0 Å². The lowest BCUT2D eigenvalue weighted by atomic mass is 9.92. The number of para-hydroxylation sites is 1. The zero-order valence-corrected chi connectivity index (χ0v) is 9.90. The van der Waals surface area contributed by atoms with E-state index in [1.165, 1.54) is 0 Å². The number of ether oxygens (including phenoxy) is 2. The van der Waals surface area contributed by atoms with Crippen LogP contribution in [0.25, 0.3) is 0 Å². The van der Waals surface area contributed by atoms with Crippen LogP contribution < -0.4 is 15.2 Å². The van der Waals surface area contributed by atoms with Crippen LogP contribution in [0.1, 0.15) is 31.9 Å². The molecule has 0 radical (unpaired) electrons. The first-order valence-corrected chi connectivity index (χ1v) is 5.88. The lowest BCUT2D eigenvalue weighted by Crippen LogP contribution is -2.22. The molecule has 2 N–H and O–H groups in total. The molecule has 0 saturated heterocycles. The lowest BCUT2D eigenvalue weighted by molar-refractivity contribution is 0.168. The van der Waals surface area contributed by atoms with Gasteiger partial charge < -0.3 is 15.2 Å². The monoisotopic (exact) mass is 221 g/mol. The van der Waals surface area contributed by atoms with Crippen LogP contribution in [0.15, 0.2) is 18.2 Å². The molecule has 3 nitrogen and oxygen atoms in total. The third-order valence-electron chi connectivity index (χ3n) is 3.21. The summed E-state index contributed by atoms with van der Waals surface area (Å²) in [4.78, 5) is 0. The first kappa shape index (κ1) is 11.3. The minimum atomic E-state index is 0.0154. The summed E-state index contributed by atoms with van der Waals surface area (Å²) in [6, 6.07) is 5.96. The molecule has 0 aromatic heterocycles. The highest BCUT2D eigenvalue weighted by molar-refractivity contribution is 5.48. The van der Waals surface area contributed by atoms with Crippen LogP contribution in [0, 0.1) is 5.92 Å². The molecule has 1 aliphatic heterocycles. The molecular weight excluding hydrogens is 202 g/mol. The van der Waals surface area contributed by atoms with Gasteiger partial charge >= 0.3 is 0 Å². The van der Waals surface area contributed by atoms with E-state index in [4.69, 9.17) is 15.2 Å². The summed E-state index contributed by atoms with van der Waals surface area (Å²) in [6.45, 7) is 5.54. The first-order valence-electron chi connectivity index (χ1n) is 5.88. The summed E-state index contributed by atoms with van der Waals surface area (Å²) >= 11 is 0. The Morgan fingerprint density at radius 1 is 1.31 bits per heavy atom. The molecule has 16 heavy (non-hydrogen) atoms. The largest absolute Gasteiger partial charge is 0.486 e. The van der Waals surface area contributed by atoms with Gasteiger partial charge in [0.1, 0.15) is 13.2 Å². The zero-order valence-electron chi connectivity index (χ0n) is 9.90. The molecule has 88 valence electrons. The molecule has 0 spiro atoms. The van der Waals surface area contributed by atoms with Crippen LogP contribution in [0.3, 0.4) is 0 Å². The van der Waals surface area contributed by atoms with Crippen LogP contribution in [0.2, 0.25) is 0 Å². The number of hydrogen-bond acceptors (Lipinski definition) is 3. The van der Waals surface area contributed by atoms with Gasteiger partial charge in [-0.25, -0.2) is 0 Å². The maximum atomic E-state index is 6.24. The van der Waals surface area contributed by atoms with Crippen molar-refractivity contribution in [2.45, 2.75) is 26.3 Å². The van der Waals surface area contributed by atoms with E-state index in [-0.39, 0.29) is 6.04 Å². The number of rotatable bonds is 3. The Bertz CT molecular complexity index is 365. The van der Waals surface area contributed by atoms with Gasteiger partial charge in [-0.3, -0.25) is 0 Å². The topological polar surface area (TPSA) is 44.5 Å². The Kier molecular flexibility index (Phi) is 3.34. The Morgan fingerprint density at radius 3 is 2.81 bits per heavy atom. The van der Waals surface area contributed by atoms with E-state index in [1.54, 1.807) is 0 Å². The Labute approximate surface area is 96.5 Å². The van der Waals surface area contributed by atoms with Gasteiger partial charge in [-0.1, -0.05) is 32.4 Å². The molecule has 2 atom stereocenters. The molecule has 0 aliphatic carbocycles. The van der Waals surface area contributed by atoms with Crippen LogP contribution in [0.4, 0.5) is 0 Å². The number of nitrogens with two attached hydrogens (primary N) is 1. The van der Waals surface area contributed by atoms with Crippen molar-refractivity contribution in [1.82, 2.24) is 0 Å². The smallest absolute Gasteiger partial charge is 0.166 e. The Balaban J connectivity index is 2.33. The maximum absolute atomic E-state index is 6.24. The predicted molar refractivity (Wildman–Crippen MR) is 63.8 cm³/mol.